The van der Waals surface area contributed by atoms with Crippen LogP contribution >= 0.6 is 11.8 Å². The van der Waals surface area contributed by atoms with E-state index in [1.54, 1.807) is 11.8 Å². The van der Waals surface area contributed by atoms with Gasteiger partial charge in [-0.05, 0) is 73.5 Å². The molecule has 0 unspecified atom stereocenters. The van der Waals surface area contributed by atoms with Crippen LogP contribution in [0.25, 0.3) is 5.65 Å². The van der Waals surface area contributed by atoms with E-state index in [9.17, 15) is 4.79 Å². The number of benzene rings is 2. The fourth-order valence-electron chi connectivity index (χ4n) is 2.94. The quantitative estimate of drug-likeness (QED) is 0.460. The molecule has 28 heavy (non-hydrogen) atoms. The first-order valence-corrected chi connectivity index (χ1v) is 10.1. The van der Waals surface area contributed by atoms with Gasteiger partial charge < -0.3 is 9.72 Å². The molecule has 4 rings (SSSR count). The van der Waals surface area contributed by atoms with Gasteiger partial charge in [0.15, 0.2) is 0 Å². The molecule has 0 saturated heterocycles. The number of carbonyl (C=O) groups excluding carboxylic acids is 1. The average molecular weight is 388 g/mol. The summed E-state index contributed by atoms with van der Waals surface area (Å²) in [5, 5.41) is 2.96. The van der Waals surface area contributed by atoms with Gasteiger partial charge in [0, 0.05) is 34.3 Å². The van der Waals surface area contributed by atoms with Crippen molar-refractivity contribution in [3.05, 3.63) is 95.4 Å². The summed E-state index contributed by atoms with van der Waals surface area (Å²) in [5.74, 6) is 0.690. The van der Waals surface area contributed by atoms with Crippen LogP contribution in [0.4, 0.5) is 5.69 Å². The molecule has 0 bridgehead atoms. The van der Waals surface area contributed by atoms with Gasteiger partial charge >= 0.3 is 0 Å². The van der Waals surface area contributed by atoms with Crippen LogP contribution in [0.15, 0.2) is 78.0 Å². The topological polar surface area (TPSA) is 46.4 Å². The first-order chi connectivity index (χ1) is 13.6. The molecule has 0 fully saturated rings. The highest BCUT2D eigenvalue weighted by atomic mass is 32.2. The maximum atomic E-state index is 12.5. The highest BCUT2D eigenvalue weighted by Crippen LogP contribution is 2.23. The Morgan fingerprint density at radius 2 is 1.86 bits per heavy atom. The second kappa shape index (κ2) is 7.90. The molecule has 4 aromatic rings. The number of amides is 1. The number of pyridine rings is 1. The molecule has 0 atom stereocenters. The summed E-state index contributed by atoms with van der Waals surface area (Å²) in [5.41, 5.74) is 5.83. The predicted octanol–water partition coefficient (Wildman–Crippen LogP) is 5.50. The fourth-order valence-corrected chi connectivity index (χ4v) is 3.72. The van der Waals surface area contributed by atoms with Gasteiger partial charge in [-0.1, -0.05) is 12.1 Å². The lowest BCUT2D eigenvalue weighted by Gasteiger charge is -2.08. The number of hydrogen-bond acceptors (Lipinski definition) is 3. The molecule has 2 aromatic heterocycles. The molecular formula is C23H21N3OS. The largest absolute Gasteiger partial charge is 0.322 e. The Morgan fingerprint density at radius 1 is 1.04 bits per heavy atom. The number of imidazole rings is 1. The molecule has 0 aliphatic carbocycles. The lowest BCUT2D eigenvalue weighted by atomic mass is 10.1. The minimum absolute atomic E-state index is 0.0971. The third kappa shape index (κ3) is 4.10. The van der Waals surface area contributed by atoms with Gasteiger partial charge in [0.05, 0.1) is 5.69 Å². The number of hydrogen-bond donors (Lipinski definition) is 1. The summed E-state index contributed by atoms with van der Waals surface area (Å²) >= 11 is 1.71. The zero-order valence-corrected chi connectivity index (χ0v) is 16.7. The summed E-state index contributed by atoms with van der Waals surface area (Å²) in [6, 6.07) is 19.6. The van der Waals surface area contributed by atoms with Crippen molar-refractivity contribution in [3.63, 3.8) is 0 Å². The maximum Gasteiger partial charge on any atom is 0.255 e. The van der Waals surface area contributed by atoms with Crippen molar-refractivity contribution in [2.24, 2.45) is 0 Å². The van der Waals surface area contributed by atoms with Crippen molar-refractivity contribution in [2.75, 3.05) is 5.32 Å². The number of fused-ring (bicyclic) bond motifs is 1. The lowest BCUT2D eigenvalue weighted by Crippen LogP contribution is -2.11. The first-order valence-electron chi connectivity index (χ1n) is 9.12. The Balaban J connectivity index is 1.38. The standard InChI is InChI=1S/C23H21N3OS/c1-16-6-9-19(13-17(16)2)25-23(27)18-7-10-21(11-8-18)28-15-20-14-26-12-4-3-5-22(26)24-20/h3-14H,15H2,1-2H3,(H,25,27). The van der Waals surface area contributed by atoms with Crippen molar-refractivity contribution in [2.45, 2.75) is 24.5 Å². The Hall–Kier alpha value is -3.05. The molecule has 140 valence electrons. The number of rotatable bonds is 5. The fraction of sp³-hybridized carbons (Fsp3) is 0.130. The smallest absolute Gasteiger partial charge is 0.255 e. The molecule has 0 saturated carbocycles. The van der Waals surface area contributed by atoms with Gasteiger partial charge in [-0.25, -0.2) is 4.98 Å². The second-order valence-corrected chi connectivity index (χ2v) is 7.81. The minimum atomic E-state index is -0.0971. The molecule has 0 aliphatic heterocycles. The first kappa shape index (κ1) is 18.3. The summed E-state index contributed by atoms with van der Waals surface area (Å²) in [6.45, 7) is 4.10. The molecule has 5 heteroatoms. The molecule has 0 aliphatic rings. The third-order valence-electron chi connectivity index (χ3n) is 4.68. The van der Waals surface area contributed by atoms with E-state index in [1.165, 1.54) is 5.56 Å². The van der Waals surface area contributed by atoms with Crippen molar-refractivity contribution in [1.29, 1.82) is 0 Å². The van der Waals surface area contributed by atoms with Crippen LogP contribution in [0.3, 0.4) is 0 Å². The van der Waals surface area contributed by atoms with Crippen LogP contribution in [0.1, 0.15) is 27.2 Å². The van der Waals surface area contributed by atoms with E-state index in [0.29, 0.717) is 5.56 Å². The normalized spacial score (nSPS) is 10.9. The summed E-state index contributed by atoms with van der Waals surface area (Å²) in [6.07, 6.45) is 4.05. The van der Waals surface area contributed by atoms with E-state index in [2.05, 4.69) is 17.2 Å². The molecule has 1 N–H and O–H groups in total. The summed E-state index contributed by atoms with van der Waals surface area (Å²) in [7, 11) is 0. The van der Waals surface area contributed by atoms with Gasteiger partial charge in [-0.2, -0.15) is 0 Å². The SMILES string of the molecule is Cc1ccc(NC(=O)c2ccc(SCc3cn4ccccc4n3)cc2)cc1C. The molecule has 2 heterocycles. The van der Waals surface area contributed by atoms with Gasteiger partial charge in [0.1, 0.15) is 5.65 Å². The Morgan fingerprint density at radius 3 is 2.61 bits per heavy atom. The van der Waals surface area contributed by atoms with Crippen molar-refractivity contribution in [1.82, 2.24) is 9.38 Å². The van der Waals surface area contributed by atoms with E-state index >= 15 is 0 Å². The van der Waals surface area contributed by atoms with Crippen LogP contribution < -0.4 is 5.32 Å². The minimum Gasteiger partial charge on any atom is -0.322 e. The average Bonchev–Trinajstić information content (AvgIpc) is 3.12. The van der Waals surface area contributed by atoms with Gasteiger partial charge in [-0.15, -0.1) is 11.8 Å². The van der Waals surface area contributed by atoms with Crippen LogP contribution in [-0.4, -0.2) is 15.3 Å². The van der Waals surface area contributed by atoms with Gasteiger partial charge in [-0.3, -0.25) is 4.79 Å². The maximum absolute atomic E-state index is 12.5. The number of nitrogens with zero attached hydrogens (tertiary/aromatic N) is 2. The Kier molecular flexibility index (Phi) is 5.17. The van der Waals surface area contributed by atoms with Gasteiger partial charge in [0.2, 0.25) is 0 Å². The van der Waals surface area contributed by atoms with Crippen LogP contribution in [0.5, 0.6) is 0 Å². The third-order valence-corrected chi connectivity index (χ3v) is 5.73. The molecule has 0 spiro atoms. The van der Waals surface area contributed by atoms with E-state index in [-0.39, 0.29) is 5.91 Å². The number of anilines is 1. The number of aromatic nitrogens is 2. The predicted molar refractivity (Wildman–Crippen MR) is 115 cm³/mol. The van der Waals surface area contributed by atoms with E-state index in [4.69, 9.17) is 0 Å². The molecule has 2 aromatic carbocycles. The number of nitrogens with one attached hydrogen (secondary N) is 1. The summed E-state index contributed by atoms with van der Waals surface area (Å²) in [4.78, 5) is 18.2. The van der Waals surface area contributed by atoms with Crippen LogP contribution in [-0.2, 0) is 5.75 Å². The molecule has 4 nitrogen and oxygen atoms in total. The second-order valence-electron chi connectivity index (χ2n) is 6.76. The Labute approximate surface area is 168 Å². The van der Waals surface area contributed by atoms with Crippen LogP contribution in [0, 0.1) is 13.8 Å². The van der Waals surface area contributed by atoms with E-state index in [1.807, 2.05) is 84.4 Å². The van der Waals surface area contributed by atoms with Crippen molar-refractivity contribution >= 4 is 29.0 Å². The lowest BCUT2D eigenvalue weighted by molar-refractivity contribution is 0.102. The van der Waals surface area contributed by atoms with E-state index < -0.39 is 0 Å². The summed E-state index contributed by atoms with van der Waals surface area (Å²) < 4.78 is 2.02. The van der Waals surface area contributed by atoms with Crippen molar-refractivity contribution in [3.8, 4) is 0 Å². The molecule has 0 radical (unpaired) electrons. The van der Waals surface area contributed by atoms with Crippen LogP contribution in [0.2, 0.25) is 0 Å². The zero-order valence-electron chi connectivity index (χ0n) is 15.8. The number of carbonyl (C=O) groups is 1. The molecular weight excluding hydrogens is 366 g/mol. The number of thioether (sulfide) groups is 1. The monoisotopic (exact) mass is 387 g/mol. The number of aryl methyl sites for hydroxylation is 2. The Bertz CT molecular complexity index is 1100. The molecule has 1 amide bonds. The highest BCUT2D eigenvalue weighted by molar-refractivity contribution is 7.98. The van der Waals surface area contributed by atoms with Gasteiger partial charge in [0.25, 0.3) is 5.91 Å². The van der Waals surface area contributed by atoms with Crippen molar-refractivity contribution < 1.29 is 4.79 Å². The zero-order chi connectivity index (χ0) is 19.5. The highest BCUT2D eigenvalue weighted by Gasteiger charge is 2.08. The van der Waals surface area contributed by atoms with E-state index in [0.717, 1.165) is 33.2 Å².